The number of nitrogens with one attached hydrogen (secondary N) is 1. The van der Waals surface area contributed by atoms with Crippen molar-refractivity contribution >= 4 is 52.1 Å². The van der Waals surface area contributed by atoms with Gasteiger partial charge in [-0.25, -0.2) is 9.69 Å². The van der Waals surface area contributed by atoms with Crippen LogP contribution in [0, 0.1) is 0 Å². The van der Waals surface area contributed by atoms with Crippen LogP contribution in [0.25, 0.3) is 17.3 Å². The van der Waals surface area contributed by atoms with E-state index in [1.165, 1.54) is 12.8 Å². The van der Waals surface area contributed by atoms with Gasteiger partial charge in [0.15, 0.2) is 5.69 Å². The van der Waals surface area contributed by atoms with E-state index in [9.17, 15) is 4.79 Å². The predicted molar refractivity (Wildman–Crippen MR) is 133 cm³/mol. The second-order valence-corrected chi connectivity index (χ2v) is 9.87. The third-order valence-corrected chi connectivity index (χ3v) is 7.13. The highest BCUT2D eigenvalue weighted by atomic mass is 35.5. The number of carbonyl (C=O) groups is 1. The van der Waals surface area contributed by atoms with Gasteiger partial charge >= 0.3 is 0 Å². The van der Waals surface area contributed by atoms with E-state index in [2.05, 4.69) is 22.9 Å². The van der Waals surface area contributed by atoms with Crippen molar-refractivity contribution in [3.63, 3.8) is 0 Å². The van der Waals surface area contributed by atoms with E-state index in [1.54, 1.807) is 28.2 Å². The Labute approximate surface area is 206 Å². The molecule has 1 aromatic carbocycles. The molecule has 0 saturated carbocycles. The summed E-state index contributed by atoms with van der Waals surface area (Å²) in [6.45, 7) is 2.42. The number of rotatable bonds is 4. The maximum Gasteiger partial charge on any atom is 0.286 e. The minimum Gasteiger partial charge on any atom is -0.372 e. The van der Waals surface area contributed by atoms with Crippen LogP contribution < -0.4 is 5.43 Å². The summed E-state index contributed by atoms with van der Waals surface area (Å²) < 4.78 is 7.65. The van der Waals surface area contributed by atoms with Gasteiger partial charge in [-0.3, -0.25) is 10.2 Å². The normalized spacial score (nSPS) is 18.2. The first kappa shape index (κ1) is 22.6. The summed E-state index contributed by atoms with van der Waals surface area (Å²) in [5.41, 5.74) is 7.73. The second kappa shape index (κ2) is 9.99. The van der Waals surface area contributed by atoms with Gasteiger partial charge in [0.1, 0.15) is 0 Å². The van der Waals surface area contributed by atoms with Gasteiger partial charge in [0.25, 0.3) is 5.91 Å². The van der Waals surface area contributed by atoms with Crippen molar-refractivity contribution in [3.05, 3.63) is 67.6 Å². The molecular weight excluding hydrogens is 479 g/mol. The largest absolute Gasteiger partial charge is 0.372 e. The smallest absolute Gasteiger partial charge is 0.286 e. The Morgan fingerprint density at radius 3 is 2.67 bits per heavy atom. The zero-order valence-electron chi connectivity index (χ0n) is 18.0. The van der Waals surface area contributed by atoms with Gasteiger partial charge in [-0.2, -0.15) is 16.4 Å². The van der Waals surface area contributed by atoms with Crippen LogP contribution in [0.15, 0.2) is 35.0 Å². The summed E-state index contributed by atoms with van der Waals surface area (Å²) in [6.07, 6.45) is 6.60. The minimum atomic E-state index is -0.225. The van der Waals surface area contributed by atoms with Crippen molar-refractivity contribution < 1.29 is 9.53 Å². The summed E-state index contributed by atoms with van der Waals surface area (Å²) in [4.78, 5) is 13.3. The number of thiophene rings is 1. The number of nitrogens with zero attached hydrogens (tertiary/aromatic N) is 3. The number of fused-ring (bicyclic) bond motifs is 1. The predicted octanol–water partition coefficient (Wildman–Crippen LogP) is 5.83. The SMILES string of the molecule is O=C(NN1CCCCCC1)c1nn(-c2ccc(Cl)cc2Cl)c2c1COC/C2=C\c1ccsc1. The lowest BCUT2D eigenvalue weighted by Gasteiger charge is -2.21. The first-order valence-corrected chi connectivity index (χ1v) is 12.7. The third-order valence-electron chi connectivity index (χ3n) is 5.89. The third kappa shape index (κ3) is 4.88. The lowest BCUT2D eigenvalue weighted by atomic mass is 10.0. The molecule has 1 N–H and O–H groups in total. The molecule has 0 aliphatic carbocycles. The molecule has 0 radical (unpaired) electrons. The summed E-state index contributed by atoms with van der Waals surface area (Å²) in [6, 6.07) is 7.33. The van der Waals surface area contributed by atoms with Crippen molar-refractivity contribution in [1.82, 2.24) is 20.2 Å². The lowest BCUT2D eigenvalue weighted by molar-refractivity contribution is 0.0781. The zero-order valence-corrected chi connectivity index (χ0v) is 20.3. The van der Waals surface area contributed by atoms with E-state index in [0.29, 0.717) is 34.6 Å². The molecule has 0 atom stereocenters. The fraction of sp³-hybridized carbons (Fsp3) is 0.333. The van der Waals surface area contributed by atoms with E-state index in [-0.39, 0.29) is 5.91 Å². The van der Waals surface area contributed by atoms with Gasteiger partial charge in [-0.15, -0.1) is 0 Å². The molecule has 1 saturated heterocycles. The summed E-state index contributed by atoms with van der Waals surface area (Å²) in [5, 5.41) is 11.9. The number of hydrogen-bond donors (Lipinski definition) is 1. The molecule has 2 aliphatic rings. The van der Waals surface area contributed by atoms with Crippen LogP contribution >= 0.6 is 34.5 Å². The fourth-order valence-corrected chi connectivity index (χ4v) is 5.41. The fourth-order valence-electron chi connectivity index (χ4n) is 4.31. The first-order valence-electron chi connectivity index (χ1n) is 11.0. The van der Waals surface area contributed by atoms with E-state index < -0.39 is 0 Å². The standard InChI is InChI=1S/C24H24Cl2N4O2S/c25-18-5-6-21(20(26)12-18)30-23-17(11-16-7-10-33-15-16)13-32-14-19(23)22(27-30)24(31)28-29-8-3-1-2-4-9-29/h5-7,10-12,15H,1-4,8-9,13-14H2,(H,28,31)/b17-11+. The van der Waals surface area contributed by atoms with Crippen molar-refractivity contribution in [2.75, 3.05) is 19.7 Å². The van der Waals surface area contributed by atoms with Crippen LogP contribution in [0.2, 0.25) is 10.0 Å². The monoisotopic (exact) mass is 502 g/mol. The molecule has 1 fully saturated rings. The molecule has 9 heteroatoms. The van der Waals surface area contributed by atoms with Gasteiger partial charge < -0.3 is 4.74 Å². The Morgan fingerprint density at radius 2 is 1.94 bits per heavy atom. The van der Waals surface area contributed by atoms with Crippen molar-refractivity contribution in [2.45, 2.75) is 32.3 Å². The highest BCUT2D eigenvalue weighted by Crippen LogP contribution is 2.35. The Bertz CT molecular complexity index is 1180. The maximum absolute atomic E-state index is 13.3. The molecule has 6 nitrogen and oxygen atoms in total. The molecule has 3 aromatic rings. The topological polar surface area (TPSA) is 59.4 Å². The van der Waals surface area contributed by atoms with Gasteiger partial charge in [-0.1, -0.05) is 36.0 Å². The maximum atomic E-state index is 13.3. The van der Waals surface area contributed by atoms with E-state index in [4.69, 9.17) is 33.0 Å². The summed E-state index contributed by atoms with van der Waals surface area (Å²) in [7, 11) is 0. The first-order chi connectivity index (χ1) is 16.1. The van der Waals surface area contributed by atoms with Crippen molar-refractivity contribution in [2.24, 2.45) is 0 Å². The Kier molecular flexibility index (Phi) is 6.85. The molecule has 2 aromatic heterocycles. The molecule has 172 valence electrons. The summed E-state index contributed by atoms with van der Waals surface area (Å²) >= 11 is 14.3. The van der Waals surface area contributed by atoms with Crippen LogP contribution in [0.1, 0.15) is 53.0 Å². The van der Waals surface area contributed by atoms with Gasteiger partial charge in [0, 0.05) is 29.2 Å². The molecule has 33 heavy (non-hydrogen) atoms. The van der Waals surface area contributed by atoms with Gasteiger partial charge in [0.2, 0.25) is 0 Å². The molecule has 0 bridgehead atoms. The number of hydrazine groups is 1. The molecule has 2 aliphatic heterocycles. The number of ether oxygens (including phenoxy) is 1. The molecular formula is C24H24Cl2N4O2S. The van der Waals surface area contributed by atoms with Crippen LogP contribution in [-0.4, -0.2) is 40.4 Å². The van der Waals surface area contributed by atoms with Crippen LogP contribution in [0.3, 0.4) is 0 Å². The van der Waals surface area contributed by atoms with Crippen LogP contribution in [0.4, 0.5) is 0 Å². The highest BCUT2D eigenvalue weighted by Gasteiger charge is 2.30. The Balaban J connectivity index is 1.59. The number of aromatic nitrogens is 2. The van der Waals surface area contributed by atoms with Crippen LogP contribution in [0.5, 0.6) is 0 Å². The van der Waals surface area contributed by atoms with Crippen molar-refractivity contribution in [3.8, 4) is 5.69 Å². The van der Waals surface area contributed by atoms with E-state index >= 15 is 0 Å². The van der Waals surface area contributed by atoms with Crippen LogP contribution in [-0.2, 0) is 11.3 Å². The number of amides is 1. The zero-order chi connectivity index (χ0) is 22.8. The van der Waals surface area contributed by atoms with Gasteiger partial charge in [-0.05, 0) is 59.5 Å². The molecule has 0 spiro atoms. The Hall–Kier alpha value is -2.16. The van der Waals surface area contributed by atoms with E-state index in [1.807, 2.05) is 16.5 Å². The highest BCUT2D eigenvalue weighted by molar-refractivity contribution is 7.08. The molecule has 1 amide bonds. The average molecular weight is 503 g/mol. The number of hydrogen-bond acceptors (Lipinski definition) is 5. The minimum absolute atomic E-state index is 0.225. The quantitative estimate of drug-likeness (QED) is 0.487. The van der Waals surface area contributed by atoms with E-state index in [0.717, 1.165) is 48.3 Å². The Morgan fingerprint density at radius 1 is 1.12 bits per heavy atom. The van der Waals surface area contributed by atoms with Gasteiger partial charge in [0.05, 0.1) is 29.6 Å². The average Bonchev–Trinajstić information content (AvgIpc) is 3.37. The molecule has 5 rings (SSSR count). The molecule has 0 unspecified atom stereocenters. The number of benzene rings is 1. The van der Waals surface area contributed by atoms with Crippen molar-refractivity contribution in [1.29, 1.82) is 0 Å². The number of carbonyl (C=O) groups excluding carboxylic acids is 1. The second-order valence-electron chi connectivity index (χ2n) is 8.24. The molecule has 4 heterocycles. The lowest BCUT2D eigenvalue weighted by Crippen LogP contribution is -2.43. The number of halogens is 2. The summed E-state index contributed by atoms with van der Waals surface area (Å²) in [5.74, 6) is -0.225.